The van der Waals surface area contributed by atoms with E-state index in [1.54, 1.807) is 7.05 Å². The van der Waals surface area contributed by atoms with Gasteiger partial charge < -0.3 is 15.5 Å². The molecule has 0 bridgehead atoms. The second-order valence-corrected chi connectivity index (χ2v) is 13.3. The molecule has 37 heavy (non-hydrogen) atoms. The summed E-state index contributed by atoms with van der Waals surface area (Å²) < 4.78 is 27.7. The number of aliphatic hydroxyl groups is 1. The first kappa shape index (κ1) is 27.3. The van der Waals surface area contributed by atoms with Crippen LogP contribution < -0.4 is 10.0 Å². The van der Waals surface area contributed by atoms with Gasteiger partial charge in [-0.15, -0.1) is 28.2 Å². The minimum atomic E-state index is -3.66. The summed E-state index contributed by atoms with van der Waals surface area (Å²) in [5.74, 6) is -2.26. The largest absolute Gasteiger partial charge is 0.477 e. The number of β-lactam (4-membered cyclic amide) rings is 1. The Labute approximate surface area is 223 Å². The van der Waals surface area contributed by atoms with Crippen LogP contribution in [0.2, 0.25) is 0 Å². The number of rotatable bonds is 10. The van der Waals surface area contributed by atoms with Crippen LogP contribution in [0.5, 0.6) is 0 Å². The Bertz CT molecular complexity index is 1370. The number of nitrogens with one attached hydrogen (secondary N) is 2. The Balaban J connectivity index is 1.41. The average Bonchev–Trinajstić information content (AvgIpc) is 3.47. The number of tetrazole rings is 1. The zero-order chi connectivity index (χ0) is 27.1. The van der Waals surface area contributed by atoms with Crippen LogP contribution >= 0.6 is 34.9 Å². The number of thioether (sulfide) groups is 2. The van der Waals surface area contributed by atoms with Crippen molar-refractivity contribution in [2.24, 2.45) is 7.05 Å². The van der Waals surface area contributed by atoms with Crippen molar-refractivity contribution >= 4 is 67.8 Å². The van der Waals surface area contributed by atoms with Crippen molar-refractivity contribution in [1.29, 1.82) is 0 Å². The van der Waals surface area contributed by atoms with Crippen LogP contribution in [-0.4, -0.2) is 94.7 Å². The molecular weight excluding hydrogens is 569 g/mol. The van der Waals surface area contributed by atoms with Crippen LogP contribution in [0.4, 0.5) is 5.13 Å². The average molecular weight is 591 g/mol. The van der Waals surface area contributed by atoms with E-state index >= 15 is 0 Å². The number of anilines is 1. The third kappa shape index (κ3) is 5.44. The maximum Gasteiger partial charge on any atom is 0.352 e. The normalized spacial score (nSPS) is 20.5. The quantitative estimate of drug-likeness (QED) is 0.201. The summed E-state index contributed by atoms with van der Waals surface area (Å²) in [6.45, 7) is 2.98. The first-order chi connectivity index (χ1) is 17.4. The van der Waals surface area contributed by atoms with Gasteiger partial charge in [0, 0.05) is 23.9 Å². The van der Waals surface area contributed by atoms with Crippen LogP contribution in [-0.2, 0) is 31.5 Å². The van der Waals surface area contributed by atoms with Crippen molar-refractivity contribution in [1.82, 2.24) is 35.4 Å². The van der Waals surface area contributed by atoms with Crippen molar-refractivity contribution in [2.75, 3.05) is 16.2 Å². The smallest absolute Gasteiger partial charge is 0.352 e. The highest BCUT2D eigenvalue weighted by molar-refractivity contribution is 8.01. The van der Waals surface area contributed by atoms with Gasteiger partial charge in [0.2, 0.25) is 15.2 Å². The standard InChI is InChI=1S/C18H22N8O7S4/c1-7(2)37(32,33)22-17-19-9(6-35-17)12(27)13(28)20-10-14(29)26-11(16(30)31)8(4-34-15(10)26)5-36-18-21-23-24-25(18)3/h6-7,10,12,15,27H,4-5H2,1-3H3,(H,19,22)(H,20,28)(H,30,31)/t10?,12?,15-/m1/s1. The number of hydrogen-bond acceptors (Lipinski definition) is 13. The number of sulfonamides is 1. The number of aryl methyl sites for hydroxylation is 1. The highest BCUT2D eigenvalue weighted by Crippen LogP contribution is 2.41. The van der Waals surface area contributed by atoms with E-state index in [0.717, 1.165) is 16.2 Å². The van der Waals surface area contributed by atoms with Gasteiger partial charge in [0.15, 0.2) is 11.2 Å². The van der Waals surface area contributed by atoms with Crippen LogP contribution in [0, 0.1) is 0 Å². The van der Waals surface area contributed by atoms with Crippen molar-refractivity contribution in [3.05, 3.63) is 22.3 Å². The van der Waals surface area contributed by atoms with Gasteiger partial charge in [-0.05, 0) is 29.8 Å². The van der Waals surface area contributed by atoms with Crippen LogP contribution in [0.15, 0.2) is 21.8 Å². The van der Waals surface area contributed by atoms with E-state index in [9.17, 15) is 33.0 Å². The zero-order valence-corrected chi connectivity index (χ0v) is 22.8. The lowest BCUT2D eigenvalue weighted by Crippen LogP contribution is -2.70. The zero-order valence-electron chi connectivity index (χ0n) is 19.6. The molecule has 19 heteroatoms. The topological polar surface area (TPSA) is 210 Å². The van der Waals surface area contributed by atoms with E-state index in [4.69, 9.17) is 0 Å². The lowest BCUT2D eigenvalue weighted by molar-refractivity contribution is -0.151. The van der Waals surface area contributed by atoms with Crippen LogP contribution in [0.3, 0.4) is 0 Å². The Morgan fingerprint density at radius 2 is 2.08 bits per heavy atom. The number of thiazole rings is 1. The number of amides is 2. The molecule has 2 amide bonds. The van der Waals surface area contributed by atoms with Crippen molar-refractivity contribution in [3.8, 4) is 0 Å². The Morgan fingerprint density at radius 1 is 1.35 bits per heavy atom. The molecule has 0 aliphatic carbocycles. The molecule has 2 unspecified atom stereocenters. The summed E-state index contributed by atoms with van der Waals surface area (Å²) in [5, 5.41) is 34.2. The second kappa shape index (κ2) is 10.6. The molecule has 200 valence electrons. The predicted octanol–water partition coefficient (Wildman–Crippen LogP) is -0.619. The number of carbonyl (C=O) groups is 3. The lowest BCUT2D eigenvalue weighted by Gasteiger charge is -2.49. The van der Waals surface area contributed by atoms with Crippen LogP contribution in [0.25, 0.3) is 0 Å². The second-order valence-electron chi connectivity index (χ2n) is 8.20. The third-order valence-electron chi connectivity index (χ3n) is 5.40. The van der Waals surface area contributed by atoms with Gasteiger partial charge >= 0.3 is 5.97 Å². The Hall–Kier alpha value is -2.74. The molecule has 2 aromatic rings. The lowest BCUT2D eigenvalue weighted by atomic mass is 10.0. The van der Waals surface area contributed by atoms with E-state index in [0.29, 0.717) is 16.5 Å². The number of carboxylic acid groups (broad SMARTS) is 1. The Kier molecular flexibility index (Phi) is 7.79. The fourth-order valence-electron chi connectivity index (χ4n) is 3.35. The summed E-state index contributed by atoms with van der Waals surface area (Å²) in [6.07, 6.45) is -1.76. The molecule has 0 spiro atoms. The van der Waals surface area contributed by atoms with E-state index in [2.05, 4.69) is 30.5 Å². The molecule has 2 aliphatic rings. The van der Waals surface area contributed by atoms with Gasteiger partial charge in [0.1, 0.15) is 17.1 Å². The van der Waals surface area contributed by atoms with E-state index in [1.165, 1.54) is 47.4 Å². The summed E-state index contributed by atoms with van der Waals surface area (Å²) >= 11 is 3.41. The minimum Gasteiger partial charge on any atom is -0.477 e. The van der Waals surface area contributed by atoms with Gasteiger partial charge in [0.05, 0.1) is 10.9 Å². The van der Waals surface area contributed by atoms with Crippen LogP contribution in [0.1, 0.15) is 25.6 Å². The van der Waals surface area contributed by atoms with Gasteiger partial charge in [-0.1, -0.05) is 11.8 Å². The van der Waals surface area contributed by atoms with Crippen molar-refractivity contribution in [3.63, 3.8) is 0 Å². The SMILES string of the molecule is CC(C)S(=O)(=O)Nc1nc(C(O)C(=O)NC2C(=O)N3C(C(=O)O)=C(CSc4nnnn4C)CS[C@H]23)cs1. The molecular formula is C18H22N8O7S4. The summed E-state index contributed by atoms with van der Waals surface area (Å²) in [6, 6.07) is -1.05. The van der Waals surface area contributed by atoms with Gasteiger partial charge in [-0.2, -0.15) is 0 Å². The number of carbonyl (C=O) groups excluding carboxylic acids is 2. The monoisotopic (exact) mass is 590 g/mol. The number of carboxylic acids is 1. The number of aromatic nitrogens is 5. The van der Waals surface area contributed by atoms with Crippen molar-refractivity contribution < 1.29 is 33.0 Å². The first-order valence-corrected chi connectivity index (χ1v) is 15.1. The molecule has 2 aliphatic heterocycles. The molecule has 1 fully saturated rings. The maximum atomic E-state index is 12.8. The van der Waals surface area contributed by atoms with E-state index in [1.807, 2.05) is 0 Å². The summed E-state index contributed by atoms with van der Waals surface area (Å²) in [7, 11) is -2.01. The molecule has 0 saturated carbocycles. The molecule has 1 saturated heterocycles. The minimum absolute atomic E-state index is 0.0111. The summed E-state index contributed by atoms with van der Waals surface area (Å²) in [5.41, 5.74) is 0.273. The molecule has 15 nitrogen and oxygen atoms in total. The number of aliphatic carboxylic acids is 1. The fraction of sp³-hybridized carbons (Fsp3) is 0.500. The summed E-state index contributed by atoms with van der Waals surface area (Å²) in [4.78, 5) is 42.6. The van der Waals surface area contributed by atoms with E-state index < -0.39 is 50.6 Å². The van der Waals surface area contributed by atoms with Crippen molar-refractivity contribution in [2.45, 2.75) is 41.8 Å². The highest BCUT2D eigenvalue weighted by atomic mass is 32.2. The number of aliphatic hydroxyl groups excluding tert-OH is 1. The van der Waals surface area contributed by atoms with E-state index in [-0.39, 0.29) is 22.3 Å². The molecule has 4 rings (SSSR count). The highest BCUT2D eigenvalue weighted by Gasteiger charge is 2.54. The molecule has 4 N–H and O–H groups in total. The van der Waals surface area contributed by atoms with Gasteiger partial charge in [0.25, 0.3) is 11.8 Å². The molecule has 2 aromatic heterocycles. The number of hydrogen-bond donors (Lipinski definition) is 4. The molecule has 0 radical (unpaired) electrons. The molecule has 0 aromatic carbocycles. The predicted molar refractivity (Wildman–Crippen MR) is 134 cm³/mol. The molecule has 3 atom stereocenters. The van der Waals surface area contributed by atoms with Gasteiger partial charge in [-0.25, -0.2) is 22.9 Å². The first-order valence-electron chi connectivity index (χ1n) is 10.6. The molecule has 4 heterocycles. The third-order valence-corrected chi connectivity index (χ3v) is 10.5. The Morgan fingerprint density at radius 3 is 2.70 bits per heavy atom. The number of nitrogens with zero attached hydrogens (tertiary/aromatic N) is 6. The van der Waals surface area contributed by atoms with Gasteiger partial charge in [-0.3, -0.25) is 19.2 Å². The number of fused-ring (bicyclic) bond motifs is 1. The fourth-order valence-corrected chi connectivity index (χ4v) is 7.33. The maximum absolute atomic E-state index is 12.8.